The first-order valence-electron chi connectivity index (χ1n) is 5.60. The van der Waals surface area contributed by atoms with Crippen molar-refractivity contribution in [1.82, 2.24) is 5.32 Å². The van der Waals surface area contributed by atoms with Crippen LogP contribution in [0.1, 0.15) is 38.5 Å². The van der Waals surface area contributed by atoms with E-state index in [4.69, 9.17) is 5.11 Å². The highest BCUT2D eigenvalue weighted by molar-refractivity contribution is 5.79. The summed E-state index contributed by atoms with van der Waals surface area (Å²) >= 11 is 0. The molecule has 0 spiro atoms. The van der Waals surface area contributed by atoms with Crippen molar-refractivity contribution in [3.63, 3.8) is 0 Å². The quantitative estimate of drug-likeness (QED) is 0.645. The molecule has 2 N–H and O–H groups in total. The second-order valence-electron chi connectivity index (χ2n) is 4.23. The van der Waals surface area contributed by atoms with Gasteiger partial charge in [-0.25, -0.2) is 0 Å². The summed E-state index contributed by atoms with van der Waals surface area (Å²) in [4.78, 5) is 22.3. The molecule has 1 atom stereocenters. The summed E-state index contributed by atoms with van der Waals surface area (Å²) in [6.07, 6.45) is 3.50. The Morgan fingerprint density at radius 3 is 2.81 bits per heavy atom. The number of aliphatic hydroxyl groups is 1. The molecule has 1 unspecified atom stereocenters. The number of esters is 1. The van der Waals surface area contributed by atoms with Crippen molar-refractivity contribution >= 4 is 11.9 Å². The number of nitrogens with one attached hydrogen (secondary N) is 1. The summed E-state index contributed by atoms with van der Waals surface area (Å²) in [6.45, 7) is 0.107. The molecule has 0 aromatic rings. The first-order chi connectivity index (χ1) is 7.62. The molecule has 0 aliphatic carbocycles. The zero-order chi connectivity index (χ0) is 12.0. The van der Waals surface area contributed by atoms with Gasteiger partial charge in [0.2, 0.25) is 5.91 Å². The van der Waals surface area contributed by atoms with Gasteiger partial charge in [-0.2, -0.15) is 0 Å². The highest BCUT2D eigenvalue weighted by Gasteiger charge is 2.37. The number of carbonyl (C=O) groups excluding carboxylic acids is 2. The molecule has 5 heteroatoms. The van der Waals surface area contributed by atoms with Crippen LogP contribution in [0.2, 0.25) is 0 Å². The number of aliphatic hydroxyl groups excluding tert-OH is 1. The number of ether oxygens (including phenoxy) is 1. The summed E-state index contributed by atoms with van der Waals surface area (Å²) in [5.74, 6) is -0.229. The van der Waals surface area contributed by atoms with Crippen LogP contribution < -0.4 is 5.32 Å². The fourth-order valence-corrected chi connectivity index (χ4v) is 2.13. The van der Waals surface area contributed by atoms with Crippen LogP contribution in [0.25, 0.3) is 0 Å². The van der Waals surface area contributed by atoms with E-state index in [0.717, 1.165) is 6.42 Å². The van der Waals surface area contributed by atoms with Crippen molar-refractivity contribution in [2.24, 2.45) is 0 Å². The largest absolute Gasteiger partial charge is 0.469 e. The Kier molecular flexibility index (Phi) is 4.73. The Morgan fingerprint density at radius 1 is 1.56 bits per heavy atom. The Hall–Kier alpha value is -1.10. The highest BCUT2D eigenvalue weighted by Crippen LogP contribution is 2.30. The van der Waals surface area contributed by atoms with Crippen molar-refractivity contribution in [2.45, 2.75) is 44.1 Å². The van der Waals surface area contributed by atoms with E-state index in [-0.39, 0.29) is 24.0 Å². The van der Waals surface area contributed by atoms with Crippen molar-refractivity contribution in [3.8, 4) is 0 Å². The van der Waals surface area contributed by atoms with E-state index < -0.39 is 0 Å². The molecule has 0 bridgehead atoms. The van der Waals surface area contributed by atoms with Crippen molar-refractivity contribution in [2.75, 3.05) is 13.7 Å². The van der Waals surface area contributed by atoms with E-state index in [2.05, 4.69) is 10.1 Å². The zero-order valence-electron chi connectivity index (χ0n) is 9.62. The van der Waals surface area contributed by atoms with E-state index in [1.165, 1.54) is 7.11 Å². The molecule has 1 aliphatic rings. The van der Waals surface area contributed by atoms with Gasteiger partial charge in [0, 0.05) is 25.0 Å². The fourth-order valence-electron chi connectivity index (χ4n) is 2.13. The molecule has 1 saturated heterocycles. The molecule has 1 fully saturated rings. The maximum Gasteiger partial charge on any atom is 0.305 e. The van der Waals surface area contributed by atoms with Crippen molar-refractivity contribution in [1.29, 1.82) is 0 Å². The van der Waals surface area contributed by atoms with Crippen molar-refractivity contribution in [3.05, 3.63) is 0 Å². The lowest BCUT2D eigenvalue weighted by molar-refractivity contribution is -0.141. The Labute approximate surface area is 95.2 Å². The minimum Gasteiger partial charge on any atom is -0.469 e. The van der Waals surface area contributed by atoms with Gasteiger partial charge in [-0.15, -0.1) is 0 Å². The molecule has 1 heterocycles. The molecular formula is C11H19NO4. The van der Waals surface area contributed by atoms with Gasteiger partial charge in [-0.1, -0.05) is 0 Å². The number of rotatable bonds is 6. The van der Waals surface area contributed by atoms with Crippen LogP contribution >= 0.6 is 0 Å². The van der Waals surface area contributed by atoms with Gasteiger partial charge in [0.15, 0.2) is 0 Å². The van der Waals surface area contributed by atoms with E-state index in [9.17, 15) is 9.59 Å². The molecule has 1 amide bonds. The molecule has 0 radical (unpaired) electrons. The monoisotopic (exact) mass is 229 g/mol. The molecule has 0 aromatic heterocycles. The van der Waals surface area contributed by atoms with Crippen molar-refractivity contribution < 1.29 is 19.4 Å². The predicted octanol–water partition coefficient (Wildman–Crippen LogP) is 0.361. The van der Waals surface area contributed by atoms with Crippen LogP contribution in [0.5, 0.6) is 0 Å². The standard InChI is InChI=1S/C11H19NO4/c1-16-10(15)4-7-11(5-2-8-13)6-3-9(14)12-11/h13H,2-8H2,1H3,(H,12,14). The lowest BCUT2D eigenvalue weighted by Gasteiger charge is -2.28. The van der Waals surface area contributed by atoms with Crippen LogP contribution in [0, 0.1) is 0 Å². The number of carbonyl (C=O) groups is 2. The molecule has 0 aromatic carbocycles. The minimum atomic E-state index is -0.312. The predicted molar refractivity (Wildman–Crippen MR) is 57.7 cm³/mol. The third-order valence-electron chi connectivity index (χ3n) is 3.08. The van der Waals surface area contributed by atoms with Crippen LogP contribution in [0.4, 0.5) is 0 Å². The topological polar surface area (TPSA) is 75.6 Å². The second kappa shape index (κ2) is 5.84. The first kappa shape index (κ1) is 13.0. The third kappa shape index (κ3) is 3.48. The van der Waals surface area contributed by atoms with E-state index in [1.54, 1.807) is 0 Å². The first-order valence-corrected chi connectivity index (χ1v) is 5.60. The average molecular weight is 229 g/mol. The molecular weight excluding hydrogens is 210 g/mol. The summed E-state index contributed by atoms with van der Waals surface area (Å²) in [7, 11) is 1.36. The van der Waals surface area contributed by atoms with E-state index >= 15 is 0 Å². The maximum absolute atomic E-state index is 11.2. The van der Waals surface area contributed by atoms with E-state index in [1.807, 2.05) is 0 Å². The Bertz CT molecular complexity index is 267. The molecule has 1 aliphatic heterocycles. The lowest BCUT2D eigenvalue weighted by Crippen LogP contribution is -2.42. The molecule has 16 heavy (non-hydrogen) atoms. The van der Waals surface area contributed by atoms with Gasteiger partial charge < -0.3 is 15.2 Å². The van der Waals surface area contributed by atoms with Crippen LogP contribution in [-0.2, 0) is 14.3 Å². The summed E-state index contributed by atoms with van der Waals surface area (Å²) in [5, 5.41) is 11.7. The van der Waals surface area contributed by atoms with Gasteiger partial charge in [0.1, 0.15) is 0 Å². The van der Waals surface area contributed by atoms with Crippen LogP contribution in [0.15, 0.2) is 0 Å². The second-order valence-corrected chi connectivity index (χ2v) is 4.23. The average Bonchev–Trinajstić information content (AvgIpc) is 2.66. The number of methoxy groups -OCH3 is 1. The molecule has 92 valence electrons. The van der Waals surface area contributed by atoms with Crippen LogP contribution in [-0.4, -0.2) is 36.2 Å². The van der Waals surface area contributed by atoms with Gasteiger partial charge >= 0.3 is 5.97 Å². The van der Waals surface area contributed by atoms with Gasteiger partial charge in [0.05, 0.1) is 7.11 Å². The summed E-state index contributed by atoms with van der Waals surface area (Å²) < 4.78 is 4.59. The molecule has 5 nitrogen and oxygen atoms in total. The molecule has 0 saturated carbocycles. The smallest absolute Gasteiger partial charge is 0.305 e. The summed E-state index contributed by atoms with van der Waals surface area (Å²) in [5.41, 5.74) is -0.312. The number of hydrogen-bond donors (Lipinski definition) is 2. The van der Waals surface area contributed by atoms with E-state index in [0.29, 0.717) is 32.1 Å². The van der Waals surface area contributed by atoms with Gasteiger partial charge in [-0.05, 0) is 25.7 Å². The third-order valence-corrected chi connectivity index (χ3v) is 3.08. The Balaban J connectivity index is 2.50. The normalized spacial score (nSPS) is 24.2. The number of hydrogen-bond acceptors (Lipinski definition) is 4. The maximum atomic E-state index is 11.2. The minimum absolute atomic E-state index is 0.0304. The number of amides is 1. The van der Waals surface area contributed by atoms with Gasteiger partial charge in [0.25, 0.3) is 0 Å². The Morgan fingerprint density at radius 2 is 2.31 bits per heavy atom. The SMILES string of the molecule is COC(=O)CCC1(CCCO)CCC(=O)N1. The van der Waals surface area contributed by atoms with Gasteiger partial charge in [-0.3, -0.25) is 9.59 Å². The highest BCUT2D eigenvalue weighted by atomic mass is 16.5. The summed E-state index contributed by atoms with van der Waals surface area (Å²) in [6, 6.07) is 0. The zero-order valence-corrected chi connectivity index (χ0v) is 9.62. The molecule has 1 rings (SSSR count). The lowest BCUT2D eigenvalue weighted by atomic mass is 9.87. The fraction of sp³-hybridized carbons (Fsp3) is 0.818. The van der Waals surface area contributed by atoms with Crippen LogP contribution in [0.3, 0.4) is 0 Å².